The van der Waals surface area contributed by atoms with Crippen LogP contribution in [0.3, 0.4) is 0 Å². The highest BCUT2D eigenvalue weighted by Gasteiger charge is 2.14. The molecule has 1 amide bonds. The first kappa shape index (κ1) is 21.1. The maximum absolute atomic E-state index is 12.2. The summed E-state index contributed by atoms with van der Waals surface area (Å²) in [7, 11) is 1.51. The van der Waals surface area contributed by atoms with Gasteiger partial charge < -0.3 is 24.1 Å². The van der Waals surface area contributed by atoms with Gasteiger partial charge >= 0.3 is 5.97 Å². The first-order chi connectivity index (χ1) is 14.5. The number of halogens is 1. The summed E-state index contributed by atoms with van der Waals surface area (Å²) in [6, 6.07) is 13.6. The molecule has 0 radical (unpaired) electrons. The van der Waals surface area contributed by atoms with E-state index in [0.717, 1.165) is 0 Å². The van der Waals surface area contributed by atoms with Gasteiger partial charge in [0.2, 0.25) is 5.91 Å². The number of hydrogen-bond donors (Lipinski definition) is 1. The molecular formula is C20H18ClN3O6. The highest BCUT2D eigenvalue weighted by atomic mass is 35.5. The van der Waals surface area contributed by atoms with Crippen LogP contribution in [0, 0.1) is 0 Å². The van der Waals surface area contributed by atoms with Crippen LogP contribution in [0.5, 0.6) is 11.5 Å². The summed E-state index contributed by atoms with van der Waals surface area (Å²) in [5, 5.41) is 6.91. The second-order valence-corrected chi connectivity index (χ2v) is 6.37. The number of nitrogens with one attached hydrogen (secondary N) is 1. The van der Waals surface area contributed by atoms with Crippen molar-refractivity contribution in [1.29, 1.82) is 0 Å². The minimum atomic E-state index is -0.622. The first-order valence-corrected chi connectivity index (χ1v) is 9.19. The second-order valence-electron chi connectivity index (χ2n) is 5.94. The minimum absolute atomic E-state index is 0.0613. The Morgan fingerprint density at radius 1 is 1.17 bits per heavy atom. The van der Waals surface area contributed by atoms with Gasteiger partial charge in [0, 0.05) is 5.02 Å². The van der Waals surface area contributed by atoms with Gasteiger partial charge in [-0.15, -0.1) is 0 Å². The third-order valence-corrected chi connectivity index (χ3v) is 3.95. The Balaban J connectivity index is 1.44. The normalized spacial score (nSPS) is 10.3. The van der Waals surface area contributed by atoms with Crippen molar-refractivity contribution in [2.24, 2.45) is 0 Å². The van der Waals surface area contributed by atoms with Crippen molar-refractivity contribution in [3.8, 4) is 11.5 Å². The average molecular weight is 432 g/mol. The monoisotopic (exact) mass is 431 g/mol. The lowest BCUT2D eigenvalue weighted by Gasteiger charge is -2.08. The van der Waals surface area contributed by atoms with E-state index in [1.165, 1.54) is 7.11 Å². The van der Waals surface area contributed by atoms with Gasteiger partial charge in [-0.05, 0) is 30.3 Å². The summed E-state index contributed by atoms with van der Waals surface area (Å²) < 4.78 is 20.5. The van der Waals surface area contributed by atoms with Gasteiger partial charge in [0.05, 0.1) is 19.2 Å². The van der Waals surface area contributed by atoms with Crippen molar-refractivity contribution in [1.82, 2.24) is 10.1 Å². The van der Waals surface area contributed by atoms with Crippen molar-refractivity contribution in [3.63, 3.8) is 0 Å². The van der Waals surface area contributed by atoms with E-state index < -0.39 is 5.97 Å². The van der Waals surface area contributed by atoms with E-state index >= 15 is 0 Å². The number of amides is 1. The second kappa shape index (κ2) is 10.3. The SMILES string of the molecule is COc1ccccc1NC(=O)Cc1noc(COC(=O)COc2cccc(Cl)c2)n1. The molecule has 0 spiro atoms. The molecule has 0 aliphatic carbocycles. The minimum Gasteiger partial charge on any atom is -0.495 e. The van der Waals surface area contributed by atoms with E-state index in [0.29, 0.717) is 22.2 Å². The van der Waals surface area contributed by atoms with Crippen LogP contribution in [0.25, 0.3) is 0 Å². The number of nitrogens with zero attached hydrogens (tertiary/aromatic N) is 2. The predicted molar refractivity (Wildman–Crippen MR) is 106 cm³/mol. The molecule has 0 aliphatic rings. The Hall–Kier alpha value is -3.59. The van der Waals surface area contributed by atoms with Gasteiger partial charge in [0.15, 0.2) is 19.0 Å². The Labute approximate surface area is 176 Å². The number of anilines is 1. The summed E-state index contributed by atoms with van der Waals surface area (Å²) in [5.41, 5.74) is 0.530. The van der Waals surface area contributed by atoms with Gasteiger partial charge in [0.1, 0.15) is 11.5 Å². The lowest BCUT2D eigenvalue weighted by molar-refractivity contribution is -0.148. The third-order valence-electron chi connectivity index (χ3n) is 3.72. The number of aromatic nitrogens is 2. The smallest absolute Gasteiger partial charge is 0.344 e. The number of carbonyl (C=O) groups is 2. The van der Waals surface area contributed by atoms with E-state index in [-0.39, 0.29) is 37.3 Å². The molecule has 0 fully saturated rings. The van der Waals surface area contributed by atoms with Crippen LogP contribution < -0.4 is 14.8 Å². The number of esters is 1. The Kier molecular flexibility index (Phi) is 7.23. The molecule has 30 heavy (non-hydrogen) atoms. The Bertz CT molecular complexity index is 1020. The van der Waals surface area contributed by atoms with E-state index in [1.54, 1.807) is 48.5 Å². The molecule has 3 aromatic rings. The van der Waals surface area contributed by atoms with Crippen LogP contribution in [0.15, 0.2) is 53.1 Å². The van der Waals surface area contributed by atoms with Crippen LogP contribution in [0.1, 0.15) is 11.7 Å². The van der Waals surface area contributed by atoms with Crippen LogP contribution >= 0.6 is 11.6 Å². The van der Waals surface area contributed by atoms with Gasteiger partial charge in [-0.25, -0.2) is 4.79 Å². The largest absolute Gasteiger partial charge is 0.495 e. The molecule has 0 atom stereocenters. The topological polar surface area (TPSA) is 113 Å². The molecule has 1 aromatic heterocycles. The average Bonchev–Trinajstić information content (AvgIpc) is 3.18. The number of hydrogen-bond acceptors (Lipinski definition) is 8. The molecule has 1 N–H and O–H groups in total. The van der Waals surface area contributed by atoms with Crippen molar-refractivity contribution in [3.05, 3.63) is 65.3 Å². The molecule has 9 nitrogen and oxygen atoms in total. The number of rotatable bonds is 9. The predicted octanol–water partition coefficient (Wildman–Crippen LogP) is 3.04. The first-order valence-electron chi connectivity index (χ1n) is 8.82. The zero-order valence-electron chi connectivity index (χ0n) is 16.0. The van der Waals surface area contributed by atoms with Gasteiger partial charge in [-0.1, -0.05) is 35.0 Å². The summed E-state index contributed by atoms with van der Waals surface area (Å²) >= 11 is 5.84. The highest BCUT2D eigenvalue weighted by Crippen LogP contribution is 2.23. The zero-order valence-corrected chi connectivity index (χ0v) is 16.7. The fourth-order valence-electron chi connectivity index (χ4n) is 2.39. The van der Waals surface area contributed by atoms with Crippen molar-refractivity contribution < 1.29 is 28.3 Å². The summed E-state index contributed by atoms with van der Waals surface area (Å²) in [6.07, 6.45) is -0.118. The molecule has 2 aromatic carbocycles. The zero-order chi connectivity index (χ0) is 21.3. The molecule has 0 bridgehead atoms. The van der Waals surface area contributed by atoms with Crippen LogP contribution in [-0.4, -0.2) is 35.7 Å². The van der Waals surface area contributed by atoms with Gasteiger partial charge in [0.25, 0.3) is 5.89 Å². The fraction of sp³-hybridized carbons (Fsp3) is 0.200. The van der Waals surface area contributed by atoms with Crippen LogP contribution in [-0.2, 0) is 27.4 Å². The maximum Gasteiger partial charge on any atom is 0.344 e. The number of benzene rings is 2. The molecule has 0 unspecified atom stereocenters. The molecule has 0 saturated heterocycles. The number of methoxy groups -OCH3 is 1. The molecule has 0 aliphatic heterocycles. The summed E-state index contributed by atoms with van der Waals surface area (Å²) in [6.45, 7) is -0.540. The molecule has 3 rings (SSSR count). The van der Waals surface area contributed by atoms with Crippen LogP contribution in [0.4, 0.5) is 5.69 Å². The van der Waals surface area contributed by atoms with E-state index in [4.69, 9.17) is 30.3 Å². The van der Waals surface area contributed by atoms with Gasteiger partial charge in [-0.2, -0.15) is 4.98 Å². The van der Waals surface area contributed by atoms with Crippen molar-refractivity contribution in [2.75, 3.05) is 19.0 Å². The standard InChI is InChI=1S/C20H18ClN3O6/c1-27-16-8-3-2-7-15(16)22-18(25)10-17-23-19(30-24-17)11-29-20(26)12-28-14-6-4-5-13(21)9-14/h2-9H,10-12H2,1H3,(H,22,25). The van der Waals surface area contributed by atoms with E-state index in [9.17, 15) is 9.59 Å². The lowest BCUT2D eigenvalue weighted by Crippen LogP contribution is -2.16. The number of para-hydroxylation sites is 2. The maximum atomic E-state index is 12.2. The number of ether oxygens (including phenoxy) is 3. The Morgan fingerprint density at radius 3 is 2.80 bits per heavy atom. The van der Waals surface area contributed by atoms with Crippen LogP contribution in [0.2, 0.25) is 5.02 Å². The summed E-state index contributed by atoms with van der Waals surface area (Å²) in [4.78, 5) is 28.0. The molecule has 10 heteroatoms. The molecule has 156 valence electrons. The Morgan fingerprint density at radius 2 is 2.00 bits per heavy atom. The molecule has 0 saturated carbocycles. The highest BCUT2D eigenvalue weighted by molar-refractivity contribution is 6.30. The fourth-order valence-corrected chi connectivity index (χ4v) is 2.57. The quantitative estimate of drug-likeness (QED) is 0.514. The third kappa shape index (κ3) is 6.21. The lowest BCUT2D eigenvalue weighted by atomic mass is 10.2. The molecular weight excluding hydrogens is 414 g/mol. The van der Waals surface area contributed by atoms with Gasteiger partial charge in [-0.3, -0.25) is 4.79 Å². The summed E-state index contributed by atoms with van der Waals surface area (Å²) in [5.74, 6) is 0.226. The van der Waals surface area contributed by atoms with Crippen molar-refractivity contribution in [2.45, 2.75) is 13.0 Å². The molecule has 1 heterocycles. The van der Waals surface area contributed by atoms with E-state index in [2.05, 4.69) is 15.5 Å². The van der Waals surface area contributed by atoms with Crippen molar-refractivity contribution >= 4 is 29.2 Å². The van der Waals surface area contributed by atoms with E-state index in [1.807, 2.05) is 0 Å². The number of carbonyl (C=O) groups excluding carboxylic acids is 2.